The first-order chi connectivity index (χ1) is 10.7. The largest absolute Gasteiger partial charge is 0.349 e. The number of aromatic nitrogens is 2. The molecule has 2 unspecified atom stereocenters. The van der Waals surface area contributed by atoms with Gasteiger partial charge in [0.25, 0.3) is 0 Å². The predicted octanol–water partition coefficient (Wildman–Crippen LogP) is 3.42. The molecule has 22 heavy (non-hydrogen) atoms. The molecule has 2 heterocycles. The van der Waals surface area contributed by atoms with Crippen molar-refractivity contribution in [1.82, 2.24) is 15.5 Å². The van der Waals surface area contributed by atoms with Crippen molar-refractivity contribution >= 4 is 28.8 Å². The van der Waals surface area contributed by atoms with Crippen molar-refractivity contribution in [3.63, 3.8) is 0 Å². The van der Waals surface area contributed by atoms with E-state index in [2.05, 4.69) is 15.5 Å². The van der Waals surface area contributed by atoms with Crippen LogP contribution in [0.25, 0.3) is 0 Å². The Hall–Kier alpha value is -1.33. The number of carbonyl (C=O) groups excluding carboxylic acids is 1. The molecule has 0 bridgehead atoms. The molecule has 2 N–H and O–H groups in total. The third kappa shape index (κ3) is 2.57. The lowest BCUT2D eigenvalue weighted by Gasteiger charge is -2.27. The van der Waals surface area contributed by atoms with E-state index in [0.717, 1.165) is 42.9 Å². The van der Waals surface area contributed by atoms with Crippen molar-refractivity contribution in [2.45, 2.75) is 44.6 Å². The topological polar surface area (TPSA) is 57.8 Å². The number of hydrogen-bond acceptors (Lipinski definition) is 3. The number of nitrogens with one attached hydrogen (secondary N) is 2. The first-order valence-electron chi connectivity index (χ1n) is 7.80. The third-order valence-corrected chi connectivity index (χ3v) is 6.13. The molecule has 2 aliphatic carbocycles. The van der Waals surface area contributed by atoms with Gasteiger partial charge in [0.2, 0.25) is 5.91 Å². The molecule has 0 saturated heterocycles. The molecule has 2 aromatic heterocycles. The van der Waals surface area contributed by atoms with Crippen molar-refractivity contribution < 1.29 is 4.79 Å². The molecule has 0 fully saturated rings. The predicted molar refractivity (Wildman–Crippen MR) is 87.3 cm³/mol. The summed E-state index contributed by atoms with van der Waals surface area (Å²) < 4.78 is 0.826. The van der Waals surface area contributed by atoms with E-state index >= 15 is 0 Å². The number of aryl methyl sites for hydroxylation is 2. The van der Waals surface area contributed by atoms with E-state index in [1.54, 1.807) is 11.3 Å². The molecular weight excluding hydrogens is 318 g/mol. The summed E-state index contributed by atoms with van der Waals surface area (Å²) in [6.07, 6.45) is 7.66. The van der Waals surface area contributed by atoms with Gasteiger partial charge < -0.3 is 5.32 Å². The van der Waals surface area contributed by atoms with Crippen LogP contribution >= 0.6 is 22.9 Å². The Labute approximate surface area is 138 Å². The third-order valence-electron chi connectivity index (χ3n) is 4.79. The zero-order valence-corrected chi connectivity index (χ0v) is 13.8. The van der Waals surface area contributed by atoms with Crippen molar-refractivity contribution in [2.75, 3.05) is 0 Å². The number of fused-ring (bicyclic) bond motifs is 2. The molecule has 2 atom stereocenters. The van der Waals surface area contributed by atoms with Gasteiger partial charge in [-0.2, -0.15) is 5.10 Å². The number of nitrogens with zero attached hydrogens (tertiary/aromatic N) is 1. The van der Waals surface area contributed by atoms with Crippen LogP contribution in [0.3, 0.4) is 0 Å². The molecule has 4 rings (SSSR count). The summed E-state index contributed by atoms with van der Waals surface area (Å²) in [6.45, 7) is 0. The highest BCUT2D eigenvalue weighted by atomic mass is 35.5. The molecule has 0 saturated carbocycles. The van der Waals surface area contributed by atoms with E-state index in [1.807, 2.05) is 12.3 Å². The van der Waals surface area contributed by atoms with E-state index in [1.165, 1.54) is 21.7 Å². The van der Waals surface area contributed by atoms with Crippen LogP contribution in [0.4, 0.5) is 0 Å². The van der Waals surface area contributed by atoms with E-state index in [0.29, 0.717) is 0 Å². The Morgan fingerprint density at radius 2 is 2.32 bits per heavy atom. The van der Waals surface area contributed by atoms with Crippen LogP contribution in [-0.4, -0.2) is 16.1 Å². The van der Waals surface area contributed by atoms with Gasteiger partial charge >= 0.3 is 0 Å². The van der Waals surface area contributed by atoms with E-state index in [4.69, 9.17) is 11.6 Å². The fourth-order valence-corrected chi connectivity index (χ4v) is 4.98. The number of carbonyl (C=O) groups is 1. The maximum Gasteiger partial charge on any atom is 0.223 e. The number of rotatable bonds is 2. The average Bonchev–Trinajstić information content (AvgIpc) is 3.12. The summed E-state index contributed by atoms with van der Waals surface area (Å²) in [5.41, 5.74) is 3.61. The number of hydrogen-bond donors (Lipinski definition) is 2. The summed E-state index contributed by atoms with van der Waals surface area (Å²) in [6, 6.07) is 2.16. The summed E-state index contributed by atoms with van der Waals surface area (Å²) in [5.74, 6) is 0.233. The van der Waals surface area contributed by atoms with Gasteiger partial charge in [-0.15, -0.1) is 11.3 Å². The lowest BCUT2D eigenvalue weighted by Crippen LogP contribution is -2.37. The number of amides is 1. The SMILES string of the molecule is O=C(NC1CCCc2sc(Cl)cc21)C1CCc2[nH]ncc2C1. The van der Waals surface area contributed by atoms with Crippen LogP contribution in [0.15, 0.2) is 12.3 Å². The van der Waals surface area contributed by atoms with Crippen LogP contribution in [-0.2, 0) is 24.1 Å². The first-order valence-corrected chi connectivity index (χ1v) is 9.00. The summed E-state index contributed by atoms with van der Waals surface area (Å²) in [5, 5.41) is 10.4. The quantitative estimate of drug-likeness (QED) is 0.883. The Balaban J connectivity index is 1.47. The van der Waals surface area contributed by atoms with Crippen molar-refractivity contribution in [3.8, 4) is 0 Å². The van der Waals surface area contributed by atoms with Gasteiger partial charge in [0, 0.05) is 16.5 Å². The van der Waals surface area contributed by atoms with Crippen molar-refractivity contribution in [3.05, 3.63) is 38.3 Å². The standard InChI is InChI=1S/C16H18ClN3OS/c17-15-7-11-13(2-1-3-14(11)22-15)19-16(21)9-4-5-12-10(6-9)8-18-20-12/h7-9,13H,1-6H2,(H,18,20)(H,19,21). The van der Waals surface area contributed by atoms with E-state index < -0.39 is 0 Å². The molecule has 0 aliphatic heterocycles. The van der Waals surface area contributed by atoms with E-state index in [-0.39, 0.29) is 17.9 Å². The fourth-order valence-electron chi connectivity index (χ4n) is 3.60. The number of aromatic amines is 1. The van der Waals surface area contributed by atoms with Crippen LogP contribution in [0, 0.1) is 5.92 Å². The monoisotopic (exact) mass is 335 g/mol. The minimum absolute atomic E-state index is 0.0598. The van der Waals surface area contributed by atoms with Crippen molar-refractivity contribution in [1.29, 1.82) is 0 Å². The van der Waals surface area contributed by atoms with Gasteiger partial charge in [0.1, 0.15) is 0 Å². The molecule has 116 valence electrons. The van der Waals surface area contributed by atoms with Crippen LogP contribution in [0.1, 0.15) is 47.0 Å². The normalized spacial score (nSPS) is 23.7. The van der Waals surface area contributed by atoms with Crippen LogP contribution < -0.4 is 5.32 Å². The van der Waals surface area contributed by atoms with Gasteiger partial charge in [-0.3, -0.25) is 9.89 Å². The second kappa shape index (κ2) is 5.70. The van der Waals surface area contributed by atoms with Crippen molar-refractivity contribution in [2.24, 2.45) is 5.92 Å². The fraction of sp³-hybridized carbons (Fsp3) is 0.500. The van der Waals surface area contributed by atoms with Gasteiger partial charge in [0.05, 0.1) is 16.6 Å². The molecule has 0 aromatic carbocycles. The summed E-state index contributed by atoms with van der Waals surface area (Å²) in [7, 11) is 0. The zero-order valence-electron chi connectivity index (χ0n) is 12.2. The maximum atomic E-state index is 12.6. The zero-order chi connectivity index (χ0) is 15.1. The van der Waals surface area contributed by atoms with E-state index in [9.17, 15) is 4.79 Å². The Morgan fingerprint density at radius 3 is 3.23 bits per heavy atom. The molecular formula is C16H18ClN3OS. The molecule has 6 heteroatoms. The van der Waals surface area contributed by atoms with Gasteiger partial charge in [-0.25, -0.2) is 0 Å². The molecule has 2 aliphatic rings. The maximum absolute atomic E-state index is 12.6. The Bertz CT molecular complexity index is 708. The van der Waals surface area contributed by atoms with Gasteiger partial charge in [0.15, 0.2) is 0 Å². The Kier molecular flexibility index (Phi) is 3.70. The summed E-state index contributed by atoms with van der Waals surface area (Å²) >= 11 is 7.79. The number of halogens is 1. The molecule has 2 aromatic rings. The highest BCUT2D eigenvalue weighted by Gasteiger charge is 2.29. The average molecular weight is 336 g/mol. The Morgan fingerprint density at radius 1 is 1.41 bits per heavy atom. The second-order valence-corrected chi connectivity index (χ2v) is 7.96. The number of thiophene rings is 1. The summed E-state index contributed by atoms with van der Waals surface area (Å²) in [4.78, 5) is 14.0. The highest BCUT2D eigenvalue weighted by molar-refractivity contribution is 7.16. The molecule has 1 amide bonds. The second-order valence-electron chi connectivity index (χ2n) is 6.20. The van der Waals surface area contributed by atoms with Crippen LogP contribution in [0.2, 0.25) is 4.34 Å². The highest BCUT2D eigenvalue weighted by Crippen LogP contribution is 2.38. The van der Waals surface area contributed by atoms with Gasteiger partial charge in [-0.1, -0.05) is 11.6 Å². The van der Waals surface area contributed by atoms with Gasteiger partial charge in [-0.05, 0) is 55.7 Å². The number of H-pyrrole nitrogens is 1. The minimum atomic E-state index is 0.0598. The lowest BCUT2D eigenvalue weighted by molar-refractivity contribution is -0.126. The molecule has 0 radical (unpaired) electrons. The molecule has 4 nitrogen and oxygen atoms in total. The molecule has 0 spiro atoms. The smallest absolute Gasteiger partial charge is 0.223 e. The lowest BCUT2D eigenvalue weighted by atomic mass is 9.86. The van der Waals surface area contributed by atoms with Crippen LogP contribution in [0.5, 0.6) is 0 Å². The first kappa shape index (κ1) is 14.3. The minimum Gasteiger partial charge on any atom is -0.349 e.